The minimum absolute atomic E-state index is 0.0586. The van der Waals surface area contributed by atoms with Gasteiger partial charge in [0.25, 0.3) is 0 Å². The molecule has 0 saturated heterocycles. The molecule has 3 aromatic rings. The van der Waals surface area contributed by atoms with Crippen LogP contribution >= 0.6 is 11.6 Å². The molecule has 0 radical (unpaired) electrons. The maximum Gasteiger partial charge on any atom is 0.417 e. The lowest BCUT2D eigenvalue weighted by Crippen LogP contribution is -2.20. The number of aromatic nitrogens is 1. The number of amides is 3. The van der Waals surface area contributed by atoms with Crippen LogP contribution in [0, 0.1) is 0 Å². The molecule has 13 heteroatoms. The molecule has 39 heavy (non-hydrogen) atoms. The van der Waals surface area contributed by atoms with E-state index < -0.39 is 28.7 Å². The first kappa shape index (κ1) is 29.5. The molecule has 1 heterocycles. The fraction of sp³-hybridized carbons (Fsp3) is 0.269. The summed E-state index contributed by atoms with van der Waals surface area (Å²) in [5.74, 6) is 1.35. The Morgan fingerprint density at radius 3 is 2.36 bits per heavy atom. The number of alkyl halides is 3. The molecule has 0 spiro atoms. The van der Waals surface area contributed by atoms with Crippen molar-refractivity contribution in [2.24, 2.45) is 0 Å². The Bertz CT molecular complexity index is 1280. The van der Waals surface area contributed by atoms with Gasteiger partial charge in [-0.3, -0.25) is 10.0 Å². The van der Waals surface area contributed by atoms with Crippen LogP contribution in [-0.4, -0.2) is 35.7 Å². The number of urea groups is 1. The average Bonchev–Trinajstić information content (AvgIpc) is 2.90. The van der Waals surface area contributed by atoms with Crippen LogP contribution in [0.2, 0.25) is 5.02 Å². The van der Waals surface area contributed by atoms with Gasteiger partial charge in [0.1, 0.15) is 17.3 Å². The predicted octanol–water partition coefficient (Wildman–Crippen LogP) is 6.69. The van der Waals surface area contributed by atoms with E-state index in [9.17, 15) is 22.8 Å². The van der Waals surface area contributed by atoms with Crippen LogP contribution < -0.4 is 25.8 Å². The van der Waals surface area contributed by atoms with Gasteiger partial charge in [0.2, 0.25) is 5.91 Å². The highest BCUT2D eigenvalue weighted by molar-refractivity contribution is 6.31. The summed E-state index contributed by atoms with van der Waals surface area (Å²) < 4.78 is 45.0. The number of hydrogen-bond acceptors (Lipinski definition) is 6. The first-order valence-corrected chi connectivity index (χ1v) is 12.3. The molecular weight excluding hydrogens is 539 g/mol. The summed E-state index contributed by atoms with van der Waals surface area (Å²) in [6.07, 6.45) is -0.427. The summed E-state index contributed by atoms with van der Waals surface area (Å²) in [5, 5.41) is 13.0. The van der Waals surface area contributed by atoms with Gasteiger partial charge in [0, 0.05) is 43.7 Å². The van der Waals surface area contributed by atoms with Gasteiger partial charge in [0.05, 0.1) is 10.6 Å². The number of carbonyl (C=O) groups excluding carboxylic acids is 2. The third-order valence-corrected chi connectivity index (χ3v) is 5.84. The molecule has 0 aliphatic rings. The summed E-state index contributed by atoms with van der Waals surface area (Å²) in [4.78, 5) is 29.6. The number of unbranched alkanes of at least 4 members (excludes halogenated alkanes) is 2. The largest absolute Gasteiger partial charge is 0.457 e. The van der Waals surface area contributed by atoms with Crippen LogP contribution in [0.1, 0.15) is 31.2 Å². The SMILES string of the molecule is CN(CCCCCC(=O)NO)c1cc(Oc2ccc(NC(=O)Nc3ccc(Cl)c(C(F)(F)F)c3)cc2)ccn1. The highest BCUT2D eigenvalue weighted by Crippen LogP contribution is 2.36. The lowest BCUT2D eigenvalue weighted by Gasteiger charge is -2.18. The van der Waals surface area contributed by atoms with E-state index in [1.54, 1.807) is 48.1 Å². The lowest BCUT2D eigenvalue weighted by molar-refractivity contribution is -0.137. The highest BCUT2D eigenvalue weighted by Gasteiger charge is 2.33. The molecule has 3 amide bonds. The van der Waals surface area contributed by atoms with Gasteiger partial charge in [-0.15, -0.1) is 0 Å². The molecule has 0 atom stereocenters. The molecule has 0 fully saturated rings. The van der Waals surface area contributed by atoms with Crippen molar-refractivity contribution in [3.8, 4) is 11.5 Å². The molecule has 3 rings (SSSR count). The van der Waals surface area contributed by atoms with Crippen LogP contribution in [0.4, 0.5) is 35.2 Å². The average molecular weight is 566 g/mol. The highest BCUT2D eigenvalue weighted by atomic mass is 35.5. The normalized spacial score (nSPS) is 11.0. The van der Waals surface area contributed by atoms with Crippen LogP contribution in [0.5, 0.6) is 11.5 Å². The number of hydroxylamine groups is 1. The van der Waals surface area contributed by atoms with Gasteiger partial charge in [-0.05, 0) is 61.4 Å². The molecule has 208 valence electrons. The lowest BCUT2D eigenvalue weighted by atomic mass is 10.2. The van der Waals surface area contributed by atoms with Crippen LogP contribution in [-0.2, 0) is 11.0 Å². The second-order valence-electron chi connectivity index (χ2n) is 8.51. The van der Waals surface area contributed by atoms with E-state index >= 15 is 0 Å². The third kappa shape index (κ3) is 9.34. The number of rotatable bonds is 11. The molecule has 4 N–H and O–H groups in total. The molecule has 2 aromatic carbocycles. The minimum atomic E-state index is -4.65. The van der Waals surface area contributed by atoms with E-state index in [0.717, 1.165) is 25.0 Å². The molecule has 0 saturated carbocycles. The Hall–Kier alpha value is -4.03. The zero-order valence-corrected chi connectivity index (χ0v) is 21.6. The molecular formula is C26H27ClF3N5O4. The molecule has 0 aliphatic carbocycles. The Morgan fingerprint density at radius 1 is 0.974 bits per heavy atom. The van der Waals surface area contributed by atoms with Crippen molar-refractivity contribution < 1.29 is 32.7 Å². The molecule has 1 aromatic heterocycles. The Balaban J connectivity index is 1.51. The van der Waals surface area contributed by atoms with E-state index in [2.05, 4.69) is 15.6 Å². The van der Waals surface area contributed by atoms with Crippen molar-refractivity contribution in [1.82, 2.24) is 10.5 Å². The van der Waals surface area contributed by atoms with Crippen LogP contribution in [0.15, 0.2) is 60.8 Å². The minimum Gasteiger partial charge on any atom is -0.457 e. The summed E-state index contributed by atoms with van der Waals surface area (Å²) in [5.41, 5.74) is 0.912. The summed E-state index contributed by atoms with van der Waals surface area (Å²) in [6.45, 7) is 0.715. The van der Waals surface area contributed by atoms with Gasteiger partial charge >= 0.3 is 12.2 Å². The first-order valence-electron chi connectivity index (χ1n) is 11.9. The van der Waals surface area contributed by atoms with Crippen molar-refractivity contribution in [2.45, 2.75) is 31.9 Å². The van der Waals surface area contributed by atoms with Gasteiger partial charge in [0.15, 0.2) is 0 Å². The number of ether oxygens (including phenoxy) is 1. The fourth-order valence-electron chi connectivity index (χ4n) is 3.51. The van der Waals surface area contributed by atoms with E-state index in [4.69, 9.17) is 21.5 Å². The Kier molecular flexibility index (Phi) is 10.4. The smallest absolute Gasteiger partial charge is 0.417 e. The maximum atomic E-state index is 13.0. The Labute approximate surface area is 227 Å². The topological polar surface area (TPSA) is 116 Å². The number of halogens is 4. The van der Waals surface area contributed by atoms with Gasteiger partial charge in [-0.2, -0.15) is 13.2 Å². The molecule has 0 unspecified atom stereocenters. The van der Waals surface area contributed by atoms with Crippen molar-refractivity contribution in [1.29, 1.82) is 0 Å². The zero-order chi connectivity index (χ0) is 28.4. The zero-order valence-electron chi connectivity index (χ0n) is 20.9. The third-order valence-electron chi connectivity index (χ3n) is 5.51. The predicted molar refractivity (Wildman–Crippen MR) is 142 cm³/mol. The number of carbonyl (C=O) groups is 2. The molecule has 0 bridgehead atoms. The van der Waals surface area contributed by atoms with Gasteiger partial charge in [-0.25, -0.2) is 15.3 Å². The van der Waals surface area contributed by atoms with Crippen molar-refractivity contribution in [3.05, 3.63) is 71.4 Å². The molecule has 9 nitrogen and oxygen atoms in total. The van der Waals surface area contributed by atoms with E-state index in [-0.39, 0.29) is 12.1 Å². The number of anilines is 3. The Morgan fingerprint density at radius 2 is 1.67 bits per heavy atom. The van der Waals surface area contributed by atoms with Crippen molar-refractivity contribution >= 4 is 40.7 Å². The maximum absolute atomic E-state index is 13.0. The standard InChI is InChI=1S/C26H27ClF3N5O4/c1-35(14-4-2-3-5-24(36)34-38)23-16-20(12-13-31-23)39-19-9-6-17(7-10-19)32-25(37)33-18-8-11-22(27)21(15-18)26(28,29)30/h6-13,15-16,38H,2-5,14H2,1H3,(H,34,36)(H2,32,33,37). The number of hydrogen-bond donors (Lipinski definition) is 4. The van der Waals surface area contributed by atoms with Crippen molar-refractivity contribution in [2.75, 3.05) is 29.1 Å². The van der Waals surface area contributed by atoms with Gasteiger partial charge in [-0.1, -0.05) is 18.0 Å². The second kappa shape index (κ2) is 13.7. The monoisotopic (exact) mass is 565 g/mol. The van der Waals surface area contributed by atoms with E-state index in [1.807, 2.05) is 11.9 Å². The second-order valence-corrected chi connectivity index (χ2v) is 8.92. The fourth-order valence-corrected chi connectivity index (χ4v) is 3.73. The number of nitrogens with zero attached hydrogens (tertiary/aromatic N) is 2. The number of benzene rings is 2. The van der Waals surface area contributed by atoms with Gasteiger partial charge < -0.3 is 20.3 Å². The number of nitrogens with one attached hydrogen (secondary N) is 3. The van der Waals surface area contributed by atoms with Crippen LogP contribution in [0.3, 0.4) is 0 Å². The quantitative estimate of drug-likeness (QED) is 0.117. The van der Waals surface area contributed by atoms with E-state index in [1.165, 1.54) is 6.07 Å². The summed E-state index contributed by atoms with van der Waals surface area (Å²) >= 11 is 5.60. The first-order chi connectivity index (χ1) is 18.5. The summed E-state index contributed by atoms with van der Waals surface area (Å²) in [7, 11) is 1.89. The van der Waals surface area contributed by atoms with Crippen LogP contribution in [0.25, 0.3) is 0 Å². The van der Waals surface area contributed by atoms with E-state index in [0.29, 0.717) is 36.0 Å². The number of pyridine rings is 1. The van der Waals surface area contributed by atoms with Crippen molar-refractivity contribution in [3.63, 3.8) is 0 Å². The molecule has 0 aliphatic heterocycles. The summed E-state index contributed by atoms with van der Waals surface area (Å²) in [6, 6.07) is 12.3.